The molecule has 6 heteroatoms. The normalized spacial score (nSPS) is 22.0. The highest BCUT2D eigenvalue weighted by atomic mass is 16.5. The lowest BCUT2D eigenvalue weighted by molar-refractivity contribution is -0.152. The van der Waals surface area contributed by atoms with E-state index in [0.29, 0.717) is 0 Å². The van der Waals surface area contributed by atoms with E-state index >= 15 is 0 Å². The van der Waals surface area contributed by atoms with Crippen molar-refractivity contribution < 1.29 is 24.2 Å². The average Bonchev–Trinajstić information content (AvgIpc) is 2.60. The maximum absolute atomic E-state index is 11.5. The molecular weight excluding hydrogens is 214 g/mol. The lowest BCUT2D eigenvalue weighted by atomic mass is 10.1. The second-order valence-corrected chi connectivity index (χ2v) is 3.71. The third-order valence-corrected chi connectivity index (χ3v) is 2.60. The number of esters is 1. The van der Waals surface area contributed by atoms with Crippen LogP contribution in [0.1, 0.15) is 20.3 Å². The lowest BCUT2D eigenvalue weighted by Gasteiger charge is -2.22. The molecule has 1 fully saturated rings. The summed E-state index contributed by atoms with van der Waals surface area (Å²) in [5.74, 6) is -2.54. The summed E-state index contributed by atoms with van der Waals surface area (Å²) in [6, 6.07) is -0.711. The molecule has 0 spiro atoms. The summed E-state index contributed by atoms with van der Waals surface area (Å²) in [6.07, 6.45) is -0.0426. The monoisotopic (exact) mass is 229 g/mol. The van der Waals surface area contributed by atoms with Crippen molar-refractivity contribution in [3.05, 3.63) is 0 Å². The lowest BCUT2D eigenvalue weighted by Crippen LogP contribution is -2.41. The fourth-order valence-electron chi connectivity index (χ4n) is 1.66. The van der Waals surface area contributed by atoms with Gasteiger partial charge in [-0.25, -0.2) is 4.79 Å². The minimum atomic E-state index is -1.01. The van der Waals surface area contributed by atoms with Crippen molar-refractivity contribution in [2.45, 2.75) is 26.3 Å². The summed E-state index contributed by atoms with van der Waals surface area (Å²) in [4.78, 5) is 34.9. The minimum absolute atomic E-state index is 0.0426. The molecule has 1 heterocycles. The van der Waals surface area contributed by atoms with Crippen molar-refractivity contribution in [3.8, 4) is 0 Å². The van der Waals surface area contributed by atoms with Crippen LogP contribution in [0.2, 0.25) is 0 Å². The number of hydrogen-bond acceptors (Lipinski definition) is 4. The minimum Gasteiger partial charge on any atom is -0.481 e. The molecule has 90 valence electrons. The molecule has 1 rings (SSSR count). The van der Waals surface area contributed by atoms with Crippen LogP contribution >= 0.6 is 0 Å². The number of carboxylic acid groups (broad SMARTS) is 1. The first-order chi connectivity index (χ1) is 7.47. The van der Waals surface area contributed by atoms with Crippen LogP contribution in [0, 0.1) is 5.92 Å². The Labute approximate surface area is 93.2 Å². The van der Waals surface area contributed by atoms with Gasteiger partial charge in [-0.15, -0.1) is 0 Å². The molecule has 16 heavy (non-hydrogen) atoms. The first kappa shape index (κ1) is 12.5. The number of carbonyl (C=O) groups excluding carboxylic acids is 2. The molecule has 6 nitrogen and oxygen atoms in total. The molecule has 0 aromatic heterocycles. The van der Waals surface area contributed by atoms with Gasteiger partial charge in [0.05, 0.1) is 12.5 Å². The second kappa shape index (κ2) is 4.96. The molecule has 0 saturated carbocycles. The predicted molar refractivity (Wildman–Crippen MR) is 53.6 cm³/mol. The van der Waals surface area contributed by atoms with Gasteiger partial charge < -0.3 is 14.7 Å². The topological polar surface area (TPSA) is 83.9 Å². The third-order valence-electron chi connectivity index (χ3n) is 2.60. The van der Waals surface area contributed by atoms with E-state index in [1.165, 1.54) is 4.90 Å². The molecule has 1 aliphatic rings. The Hall–Kier alpha value is -1.59. The van der Waals surface area contributed by atoms with Crippen LogP contribution in [0.15, 0.2) is 0 Å². The molecule has 0 bridgehead atoms. The van der Waals surface area contributed by atoms with Gasteiger partial charge >= 0.3 is 11.9 Å². The Balaban J connectivity index is 2.64. The smallest absolute Gasteiger partial charge is 0.328 e. The quantitative estimate of drug-likeness (QED) is 0.679. The van der Waals surface area contributed by atoms with Crippen LogP contribution in [0.3, 0.4) is 0 Å². The highest BCUT2D eigenvalue weighted by Gasteiger charge is 2.39. The maximum Gasteiger partial charge on any atom is 0.328 e. The van der Waals surface area contributed by atoms with Crippen molar-refractivity contribution in [2.75, 3.05) is 13.2 Å². The highest BCUT2D eigenvalue weighted by Crippen LogP contribution is 2.20. The van der Waals surface area contributed by atoms with Gasteiger partial charge in [0.1, 0.15) is 6.04 Å². The van der Waals surface area contributed by atoms with E-state index in [1.54, 1.807) is 13.8 Å². The van der Waals surface area contributed by atoms with Crippen molar-refractivity contribution in [1.29, 1.82) is 0 Å². The zero-order chi connectivity index (χ0) is 12.3. The number of rotatable bonds is 4. The molecule has 0 radical (unpaired) electrons. The number of aliphatic carboxylic acids is 1. The zero-order valence-electron chi connectivity index (χ0n) is 9.30. The summed E-state index contributed by atoms with van der Waals surface area (Å²) in [7, 11) is 0. The number of ether oxygens (including phenoxy) is 1. The second-order valence-electron chi connectivity index (χ2n) is 3.71. The van der Waals surface area contributed by atoms with Crippen LogP contribution < -0.4 is 0 Å². The third kappa shape index (κ3) is 2.50. The van der Waals surface area contributed by atoms with Crippen molar-refractivity contribution in [1.82, 2.24) is 4.90 Å². The fraction of sp³-hybridized carbons (Fsp3) is 0.700. The van der Waals surface area contributed by atoms with E-state index in [9.17, 15) is 14.4 Å². The van der Waals surface area contributed by atoms with Gasteiger partial charge in [-0.2, -0.15) is 0 Å². The van der Waals surface area contributed by atoms with Crippen LogP contribution in [-0.4, -0.2) is 47.0 Å². The number of nitrogens with zero attached hydrogens (tertiary/aromatic N) is 1. The molecule has 2 atom stereocenters. The Morgan fingerprint density at radius 1 is 1.62 bits per heavy atom. The molecule has 1 amide bonds. The van der Waals surface area contributed by atoms with E-state index in [2.05, 4.69) is 0 Å². The standard InChI is InChI=1S/C10H15NO5/c1-3-16-10(15)6(2)11-5-7(9(13)14)4-8(11)12/h6-7H,3-5H2,1-2H3,(H,13,14). The molecule has 0 aromatic carbocycles. The Kier molecular flexibility index (Phi) is 3.87. The van der Waals surface area contributed by atoms with E-state index in [-0.39, 0.29) is 25.5 Å². The first-order valence-electron chi connectivity index (χ1n) is 5.16. The largest absolute Gasteiger partial charge is 0.481 e. The summed E-state index contributed by atoms with van der Waals surface area (Å²) in [5, 5.41) is 8.78. The van der Waals surface area contributed by atoms with Crippen LogP contribution in [0.25, 0.3) is 0 Å². The van der Waals surface area contributed by atoms with Crippen molar-refractivity contribution in [2.24, 2.45) is 5.92 Å². The number of amides is 1. The van der Waals surface area contributed by atoms with E-state index in [4.69, 9.17) is 9.84 Å². The molecule has 1 N–H and O–H groups in total. The molecule has 0 aliphatic carbocycles. The molecular formula is C10H15NO5. The number of hydrogen-bond donors (Lipinski definition) is 1. The Morgan fingerprint density at radius 2 is 2.25 bits per heavy atom. The Morgan fingerprint density at radius 3 is 2.69 bits per heavy atom. The van der Waals surface area contributed by atoms with Crippen LogP contribution in [-0.2, 0) is 19.1 Å². The fourth-order valence-corrected chi connectivity index (χ4v) is 1.66. The van der Waals surface area contributed by atoms with Crippen LogP contribution in [0.5, 0.6) is 0 Å². The number of likely N-dealkylation sites (tertiary alicyclic amines) is 1. The summed E-state index contributed by atoms with van der Waals surface area (Å²) >= 11 is 0. The van der Waals surface area contributed by atoms with Gasteiger partial charge in [-0.3, -0.25) is 9.59 Å². The SMILES string of the molecule is CCOC(=O)C(C)N1CC(C(=O)O)CC1=O. The van der Waals surface area contributed by atoms with Gasteiger partial charge in [-0.1, -0.05) is 0 Å². The molecule has 0 aromatic rings. The molecule has 2 unspecified atom stereocenters. The predicted octanol–water partition coefficient (Wildman–Crippen LogP) is -0.129. The first-order valence-corrected chi connectivity index (χ1v) is 5.16. The van der Waals surface area contributed by atoms with Gasteiger partial charge in [0.15, 0.2) is 0 Å². The summed E-state index contributed by atoms with van der Waals surface area (Å²) in [6.45, 7) is 3.54. The summed E-state index contributed by atoms with van der Waals surface area (Å²) in [5.41, 5.74) is 0. The highest BCUT2D eigenvalue weighted by molar-refractivity contribution is 5.89. The van der Waals surface area contributed by atoms with E-state index < -0.39 is 23.9 Å². The number of carboxylic acids is 1. The number of carbonyl (C=O) groups is 3. The average molecular weight is 229 g/mol. The van der Waals surface area contributed by atoms with Gasteiger partial charge in [0.25, 0.3) is 0 Å². The van der Waals surface area contributed by atoms with Crippen molar-refractivity contribution >= 4 is 17.8 Å². The zero-order valence-corrected chi connectivity index (χ0v) is 9.30. The Bertz CT molecular complexity index is 314. The van der Waals surface area contributed by atoms with Gasteiger partial charge in [-0.05, 0) is 13.8 Å². The molecule has 1 saturated heterocycles. The molecule has 1 aliphatic heterocycles. The van der Waals surface area contributed by atoms with Crippen LogP contribution in [0.4, 0.5) is 0 Å². The van der Waals surface area contributed by atoms with E-state index in [0.717, 1.165) is 0 Å². The van der Waals surface area contributed by atoms with Crippen molar-refractivity contribution in [3.63, 3.8) is 0 Å². The van der Waals surface area contributed by atoms with E-state index in [1.807, 2.05) is 0 Å². The van der Waals surface area contributed by atoms with Gasteiger partial charge in [0.2, 0.25) is 5.91 Å². The van der Waals surface area contributed by atoms with Gasteiger partial charge in [0, 0.05) is 13.0 Å². The summed E-state index contributed by atoms with van der Waals surface area (Å²) < 4.78 is 4.78. The maximum atomic E-state index is 11.5.